The first kappa shape index (κ1) is 55.3. The van der Waals surface area contributed by atoms with Crippen molar-refractivity contribution in [3.05, 3.63) is 129 Å². The van der Waals surface area contributed by atoms with Gasteiger partial charge in [-0.05, 0) is 71.2 Å². The van der Waals surface area contributed by atoms with Crippen molar-refractivity contribution in [2.45, 2.75) is 117 Å². The van der Waals surface area contributed by atoms with Crippen LogP contribution in [0.3, 0.4) is 0 Å². The number of hydrogen-bond acceptors (Lipinski definition) is 0. The molecule has 6 rings (SSSR count). The summed E-state index contributed by atoms with van der Waals surface area (Å²) in [4.78, 5) is 0. The number of alkyl halides is 12. The summed E-state index contributed by atoms with van der Waals surface area (Å²) in [6.07, 6.45) is -18.5. The summed E-state index contributed by atoms with van der Waals surface area (Å²) >= 11 is -0.826. The second-order valence-electron chi connectivity index (χ2n) is 17.1. The number of fused-ring (bicyclic) bond motifs is 2. The van der Waals surface area contributed by atoms with Crippen molar-refractivity contribution in [2.75, 3.05) is 0 Å². The van der Waals surface area contributed by atoms with E-state index in [9.17, 15) is 52.7 Å². The van der Waals surface area contributed by atoms with Crippen molar-refractivity contribution >= 4 is 48.1 Å². The van der Waals surface area contributed by atoms with E-state index in [4.69, 9.17) is 17.0 Å². The molecule has 0 aliphatic heterocycles. The minimum absolute atomic E-state index is 0.0688. The molecule has 0 aliphatic carbocycles. The zero-order valence-corrected chi connectivity index (χ0v) is 41.8. The zero-order valence-electron chi connectivity index (χ0n) is 36.8. The predicted octanol–water partition coefficient (Wildman–Crippen LogP) is 18.4. The summed E-state index contributed by atoms with van der Waals surface area (Å²) in [6.45, 7) is 20.0. The second kappa shape index (κ2) is 21.3. The molecule has 0 amide bonds. The van der Waals surface area contributed by atoms with Crippen molar-refractivity contribution in [1.82, 2.24) is 0 Å². The van der Waals surface area contributed by atoms with E-state index in [2.05, 4.69) is 13.1 Å². The maximum absolute atomic E-state index is 13.3. The van der Waals surface area contributed by atoms with Gasteiger partial charge in [0.1, 0.15) is 0 Å². The van der Waals surface area contributed by atoms with Gasteiger partial charge in [0, 0.05) is 9.52 Å². The van der Waals surface area contributed by atoms with Crippen LogP contribution in [0, 0.1) is 0 Å². The average molecular weight is 1040 g/mol. The Labute approximate surface area is 387 Å². The van der Waals surface area contributed by atoms with E-state index in [0.29, 0.717) is 45.9 Å². The van der Waals surface area contributed by atoms with Gasteiger partial charge in [-0.1, -0.05) is 90.7 Å². The maximum atomic E-state index is 13.3. The standard InChI is InChI=1S/2C23H21F6.C2H6Si.2ClH.Zr/c2*1-5-13-6-7-14-8-16(21(2,3)4)12-19(14)20(13)15-9-17(22(24,25)26)11-18(10-15)23(27,28)29;1-3-2;;;/h2*6-12H,5H2,1-4H3;1-2H3;2*1H;/q2*-1;;;;+4/p-2. The monoisotopic (exact) mass is 1040 g/mol. The molecule has 0 nitrogen and oxygen atoms in total. The molecule has 0 N–H and O–H groups in total. The van der Waals surface area contributed by atoms with Gasteiger partial charge in [0.2, 0.25) is 0 Å². The molecule has 0 saturated heterocycles. The molecule has 0 fully saturated rings. The first-order valence-corrected chi connectivity index (χ1v) is 28.2. The fourth-order valence-corrected chi connectivity index (χ4v) is 6.99. The molecule has 6 aromatic carbocycles. The van der Waals surface area contributed by atoms with Crippen molar-refractivity contribution in [1.29, 1.82) is 0 Å². The van der Waals surface area contributed by atoms with Crippen LogP contribution in [0.1, 0.15) is 99.9 Å². The molecule has 0 spiro atoms. The zero-order chi connectivity index (χ0) is 49.0. The summed E-state index contributed by atoms with van der Waals surface area (Å²) in [7, 11) is 11.0. The van der Waals surface area contributed by atoms with Gasteiger partial charge in [0.15, 0.2) is 0 Å². The molecule has 0 bridgehead atoms. The van der Waals surface area contributed by atoms with Gasteiger partial charge in [0.05, 0.1) is 22.3 Å². The first-order chi connectivity index (χ1) is 29.3. The van der Waals surface area contributed by atoms with Crippen LogP contribution >= 0.6 is 17.0 Å². The molecule has 16 heteroatoms. The van der Waals surface area contributed by atoms with E-state index in [-0.39, 0.29) is 34.1 Å². The SMILES string of the molecule is CCc1ccc2[cH-]c(C(C)(C)C)cc2c1-c1cc(C(F)(F)F)cc(C(F)(F)F)c1.CCc1ccc2[cH-]c(C(C)(C)C)cc2c1-c1cc(C(F)(F)F)cc(C(F)(F)F)c1.C[Si]C.[Cl][Zr+2][Cl]. The Kier molecular flexibility index (Phi) is 18.4. The normalized spacial score (nSPS) is 12.5. The number of aryl methyl sites for hydroxylation is 2. The summed E-state index contributed by atoms with van der Waals surface area (Å²) in [5, 5.41) is 2.93. The van der Waals surface area contributed by atoms with Crippen LogP contribution in [0.5, 0.6) is 0 Å². The Hall–Kier alpha value is -3.06. The van der Waals surface area contributed by atoms with Gasteiger partial charge in [-0.3, -0.25) is 0 Å². The third kappa shape index (κ3) is 14.0. The van der Waals surface area contributed by atoms with Crippen molar-refractivity contribution in [2.24, 2.45) is 0 Å². The number of rotatable bonds is 4. The average Bonchev–Trinajstić information content (AvgIpc) is 3.82. The molecule has 0 unspecified atom stereocenters. The van der Waals surface area contributed by atoms with Crippen LogP contribution < -0.4 is 0 Å². The van der Waals surface area contributed by atoms with Crippen LogP contribution in [0.15, 0.2) is 84.9 Å². The summed E-state index contributed by atoms with van der Waals surface area (Å²) < 4.78 is 160. The van der Waals surface area contributed by atoms with Crippen LogP contribution in [0.25, 0.3) is 43.8 Å². The van der Waals surface area contributed by atoms with Gasteiger partial charge in [-0.25, -0.2) is 0 Å². The van der Waals surface area contributed by atoms with Gasteiger partial charge in [0.25, 0.3) is 0 Å². The molecule has 0 atom stereocenters. The quantitative estimate of drug-likeness (QED) is 0.0938. The van der Waals surface area contributed by atoms with Gasteiger partial charge in [-0.15, -0.1) is 69.1 Å². The molecular formula is C48H48Cl2F12SiZr. The van der Waals surface area contributed by atoms with E-state index in [1.54, 1.807) is 12.1 Å². The van der Waals surface area contributed by atoms with Crippen LogP contribution in [-0.4, -0.2) is 9.52 Å². The van der Waals surface area contributed by atoms with E-state index in [1.165, 1.54) is 0 Å². The number of hydrogen-bond donors (Lipinski definition) is 0. The van der Waals surface area contributed by atoms with Crippen molar-refractivity contribution in [3.8, 4) is 22.3 Å². The molecule has 2 radical (unpaired) electrons. The van der Waals surface area contributed by atoms with Crippen LogP contribution in [-0.2, 0) is 69.2 Å². The van der Waals surface area contributed by atoms with Gasteiger partial charge >= 0.3 is 62.6 Å². The molecule has 0 aromatic heterocycles. The topological polar surface area (TPSA) is 0 Å². The molecule has 0 saturated carbocycles. The first-order valence-electron chi connectivity index (χ1n) is 19.9. The van der Waals surface area contributed by atoms with Gasteiger partial charge < -0.3 is 0 Å². The Morgan fingerprint density at radius 3 is 0.922 bits per heavy atom. The van der Waals surface area contributed by atoms with Gasteiger partial charge in [-0.2, -0.15) is 64.8 Å². The molecule has 0 heterocycles. The third-order valence-electron chi connectivity index (χ3n) is 10.2. The minimum atomic E-state index is -4.88. The van der Waals surface area contributed by atoms with Crippen LogP contribution in [0.2, 0.25) is 13.1 Å². The molecule has 6 aromatic rings. The van der Waals surface area contributed by atoms with E-state index in [0.717, 1.165) is 55.7 Å². The van der Waals surface area contributed by atoms with E-state index in [1.807, 2.05) is 91.8 Å². The number of halogens is 14. The summed E-state index contributed by atoms with van der Waals surface area (Å²) in [5.41, 5.74) is -1.53. The fraction of sp³-hybridized carbons (Fsp3) is 0.375. The van der Waals surface area contributed by atoms with E-state index < -0.39 is 67.8 Å². The summed E-state index contributed by atoms with van der Waals surface area (Å²) in [6, 6.07) is 18.5. The Bertz CT molecular complexity index is 2250. The Morgan fingerprint density at radius 1 is 0.469 bits per heavy atom. The Balaban J connectivity index is 0.000000303. The Morgan fingerprint density at radius 2 is 0.719 bits per heavy atom. The number of benzene rings is 4. The van der Waals surface area contributed by atoms with Crippen LogP contribution in [0.4, 0.5) is 52.7 Å². The fourth-order valence-electron chi connectivity index (χ4n) is 6.99. The molecule has 64 heavy (non-hydrogen) atoms. The van der Waals surface area contributed by atoms with Crippen molar-refractivity contribution < 1.29 is 73.5 Å². The third-order valence-corrected chi connectivity index (χ3v) is 10.2. The van der Waals surface area contributed by atoms with Crippen molar-refractivity contribution in [3.63, 3.8) is 0 Å². The summed E-state index contributed by atoms with van der Waals surface area (Å²) in [5.74, 6) is 0. The second-order valence-corrected chi connectivity index (χ2v) is 21.8. The van der Waals surface area contributed by atoms with E-state index >= 15 is 0 Å². The molecule has 346 valence electrons. The predicted molar refractivity (Wildman–Crippen MR) is 235 cm³/mol. The molecular weight excluding hydrogens is 995 g/mol. The molecule has 0 aliphatic rings.